The summed E-state index contributed by atoms with van der Waals surface area (Å²) in [7, 11) is 1.87. The molecule has 2 aromatic rings. The van der Waals surface area contributed by atoms with Crippen molar-refractivity contribution in [2.24, 2.45) is 7.05 Å². The number of hydrogen-bond donors (Lipinski definition) is 2. The number of hydrogen-bond acceptors (Lipinski definition) is 3. The van der Waals surface area contributed by atoms with E-state index in [2.05, 4.69) is 29.5 Å². The lowest BCUT2D eigenvalue weighted by molar-refractivity contribution is 0.173. The van der Waals surface area contributed by atoms with Gasteiger partial charge in [0.1, 0.15) is 5.15 Å². The fourth-order valence-electron chi connectivity index (χ4n) is 2.90. The molecule has 0 radical (unpaired) electrons. The number of benzene rings is 1. The number of aryl methyl sites for hydroxylation is 2. The van der Waals surface area contributed by atoms with Crippen LogP contribution in [-0.4, -0.2) is 27.5 Å². The Morgan fingerprint density at radius 1 is 1.30 bits per heavy atom. The summed E-state index contributed by atoms with van der Waals surface area (Å²) in [5.74, 6) is 0.275. The normalized spacial score (nSPS) is 14.0. The van der Waals surface area contributed by atoms with Crippen molar-refractivity contribution in [2.45, 2.75) is 45.3 Å². The van der Waals surface area contributed by atoms with E-state index in [4.69, 9.17) is 11.6 Å². The van der Waals surface area contributed by atoms with Crippen molar-refractivity contribution < 1.29 is 5.11 Å². The molecular weight excluding hydrogens is 310 g/mol. The van der Waals surface area contributed by atoms with Gasteiger partial charge >= 0.3 is 0 Å². The zero-order valence-corrected chi connectivity index (χ0v) is 14.8. The van der Waals surface area contributed by atoms with Gasteiger partial charge in [0, 0.05) is 25.7 Å². The van der Waals surface area contributed by atoms with Crippen LogP contribution in [0.5, 0.6) is 0 Å². The average molecular weight is 336 g/mol. The Morgan fingerprint density at radius 3 is 2.61 bits per heavy atom. The summed E-state index contributed by atoms with van der Waals surface area (Å²) in [6, 6.07) is 10.3. The van der Waals surface area contributed by atoms with Crippen LogP contribution in [0.2, 0.25) is 5.15 Å². The summed E-state index contributed by atoms with van der Waals surface area (Å²) in [5.41, 5.74) is 3.35. The third-order valence-electron chi connectivity index (χ3n) is 4.08. The third-order valence-corrected chi connectivity index (χ3v) is 4.55. The van der Waals surface area contributed by atoms with Crippen molar-refractivity contribution in [3.8, 4) is 0 Å². The minimum atomic E-state index is -0.324. The van der Waals surface area contributed by atoms with Gasteiger partial charge in [-0.05, 0) is 31.2 Å². The Kier molecular flexibility index (Phi) is 6.63. The van der Waals surface area contributed by atoms with Gasteiger partial charge in [0.15, 0.2) is 0 Å². The first-order valence-electron chi connectivity index (χ1n) is 8.16. The van der Waals surface area contributed by atoms with Gasteiger partial charge in [-0.1, -0.05) is 48.9 Å². The standard InChI is InChI=1S/C18H26ClN3O/c1-4-17-16(18(19)22(3)21-17)12-20-11-15(10-13(2)23)14-8-6-5-7-9-14/h5-9,13,15,20,23H,4,10-12H2,1-3H3. The van der Waals surface area contributed by atoms with Crippen molar-refractivity contribution in [1.29, 1.82) is 0 Å². The molecule has 0 bridgehead atoms. The smallest absolute Gasteiger partial charge is 0.131 e. The van der Waals surface area contributed by atoms with E-state index in [1.165, 1.54) is 5.56 Å². The van der Waals surface area contributed by atoms with Gasteiger partial charge in [-0.25, -0.2) is 0 Å². The minimum absolute atomic E-state index is 0.275. The first kappa shape index (κ1) is 18.0. The predicted molar refractivity (Wildman–Crippen MR) is 94.8 cm³/mol. The molecule has 4 nitrogen and oxygen atoms in total. The number of nitrogens with one attached hydrogen (secondary N) is 1. The summed E-state index contributed by atoms with van der Waals surface area (Å²) in [6.45, 7) is 5.41. The molecule has 0 amide bonds. The Labute approximate surface area is 143 Å². The lowest BCUT2D eigenvalue weighted by Gasteiger charge is -2.20. The van der Waals surface area contributed by atoms with Crippen LogP contribution < -0.4 is 5.32 Å². The molecule has 126 valence electrons. The van der Waals surface area contributed by atoms with Crippen LogP contribution >= 0.6 is 11.6 Å². The Hall–Kier alpha value is -1.36. The van der Waals surface area contributed by atoms with E-state index in [0.717, 1.165) is 30.6 Å². The second-order valence-electron chi connectivity index (χ2n) is 6.02. The predicted octanol–water partition coefficient (Wildman–Crippen LogP) is 3.28. The van der Waals surface area contributed by atoms with E-state index in [9.17, 15) is 5.11 Å². The van der Waals surface area contributed by atoms with E-state index < -0.39 is 0 Å². The van der Waals surface area contributed by atoms with Crippen LogP contribution in [0.4, 0.5) is 0 Å². The van der Waals surface area contributed by atoms with Gasteiger partial charge < -0.3 is 10.4 Å². The van der Waals surface area contributed by atoms with Crippen LogP contribution in [0.25, 0.3) is 0 Å². The van der Waals surface area contributed by atoms with Crippen LogP contribution in [0.1, 0.15) is 43.0 Å². The highest BCUT2D eigenvalue weighted by Crippen LogP contribution is 2.22. The number of aromatic nitrogens is 2. The van der Waals surface area contributed by atoms with Crippen molar-refractivity contribution in [2.75, 3.05) is 6.54 Å². The highest BCUT2D eigenvalue weighted by atomic mass is 35.5. The third kappa shape index (κ3) is 4.80. The summed E-state index contributed by atoms with van der Waals surface area (Å²) in [4.78, 5) is 0. The summed E-state index contributed by atoms with van der Waals surface area (Å²) < 4.78 is 1.72. The van der Waals surface area contributed by atoms with Crippen LogP contribution in [0, 0.1) is 0 Å². The molecule has 1 aromatic heterocycles. The fraction of sp³-hybridized carbons (Fsp3) is 0.500. The Morgan fingerprint density at radius 2 is 2.00 bits per heavy atom. The van der Waals surface area contributed by atoms with Gasteiger partial charge in [0.25, 0.3) is 0 Å². The molecule has 5 heteroatoms. The molecule has 0 fully saturated rings. The van der Waals surface area contributed by atoms with Crippen LogP contribution in [0.3, 0.4) is 0 Å². The molecular formula is C18H26ClN3O. The quantitative estimate of drug-likeness (QED) is 0.778. The first-order chi connectivity index (χ1) is 11.0. The number of nitrogens with zero attached hydrogens (tertiary/aromatic N) is 2. The largest absolute Gasteiger partial charge is 0.393 e. The molecule has 2 rings (SSSR count). The Bertz CT molecular complexity index is 610. The van der Waals surface area contributed by atoms with Crippen molar-refractivity contribution in [3.63, 3.8) is 0 Å². The maximum absolute atomic E-state index is 9.77. The molecule has 0 aliphatic rings. The van der Waals surface area contributed by atoms with Crippen molar-refractivity contribution in [3.05, 3.63) is 52.3 Å². The second kappa shape index (κ2) is 8.48. The lowest BCUT2D eigenvalue weighted by Crippen LogP contribution is -2.24. The van der Waals surface area contributed by atoms with E-state index >= 15 is 0 Å². The fourth-order valence-corrected chi connectivity index (χ4v) is 3.12. The van der Waals surface area contributed by atoms with Gasteiger partial charge in [0.2, 0.25) is 0 Å². The van der Waals surface area contributed by atoms with E-state index in [0.29, 0.717) is 11.7 Å². The molecule has 0 saturated heterocycles. The zero-order valence-electron chi connectivity index (χ0n) is 14.1. The molecule has 1 heterocycles. The number of rotatable bonds is 8. The maximum Gasteiger partial charge on any atom is 0.131 e. The molecule has 23 heavy (non-hydrogen) atoms. The summed E-state index contributed by atoms with van der Waals surface area (Å²) in [6.07, 6.45) is 1.28. The number of aliphatic hydroxyl groups excluding tert-OH is 1. The van der Waals surface area contributed by atoms with Crippen molar-refractivity contribution in [1.82, 2.24) is 15.1 Å². The molecule has 0 aliphatic carbocycles. The highest BCUT2D eigenvalue weighted by molar-refractivity contribution is 6.30. The SMILES string of the molecule is CCc1nn(C)c(Cl)c1CNCC(CC(C)O)c1ccccc1. The first-order valence-corrected chi connectivity index (χ1v) is 8.54. The topological polar surface area (TPSA) is 50.1 Å². The molecule has 2 N–H and O–H groups in total. The summed E-state index contributed by atoms with van der Waals surface area (Å²) >= 11 is 6.33. The van der Waals surface area contributed by atoms with Crippen LogP contribution in [-0.2, 0) is 20.0 Å². The van der Waals surface area contributed by atoms with E-state index in [1.54, 1.807) is 4.68 Å². The van der Waals surface area contributed by atoms with Gasteiger partial charge in [-0.3, -0.25) is 4.68 Å². The zero-order chi connectivity index (χ0) is 16.8. The van der Waals surface area contributed by atoms with Crippen molar-refractivity contribution >= 4 is 11.6 Å². The number of halogens is 1. The van der Waals surface area contributed by atoms with Gasteiger partial charge in [-0.15, -0.1) is 0 Å². The molecule has 0 aliphatic heterocycles. The highest BCUT2D eigenvalue weighted by Gasteiger charge is 2.16. The summed E-state index contributed by atoms with van der Waals surface area (Å²) in [5, 5.41) is 18.4. The van der Waals surface area contributed by atoms with Gasteiger partial charge in [0.05, 0.1) is 11.8 Å². The van der Waals surface area contributed by atoms with E-state index in [-0.39, 0.29) is 12.0 Å². The number of aliphatic hydroxyl groups is 1. The molecule has 0 saturated carbocycles. The minimum Gasteiger partial charge on any atom is -0.393 e. The monoisotopic (exact) mass is 335 g/mol. The van der Waals surface area contributed by atoms with Gasteiger partial charge in [-0.2, -0.15) is 5.10 Å². The molecule has 1 aromatic carbocycles. The Balaban J connectivity index is 2.02. The molecule has 0 spiro atoms. The maximum atomic E-state index is 9.77. The van der Waals surface area contributed by atoms with E-state index in [1.807, 2.05) is 32.2 Å². The lowest BCUT2D eigenvalue weighted by atomic mass is 9.93. The molecule has 2 unspecified atom stereocenters. The van der Waals surface area contributed by atoms with Crippen LogP contribution in [0.15, 0.2) is 30.3 Å². The molecule has 2 atom stereocenters. The average Bonchev–Trinajstić information content (AvgIpc) is 2.82. The second-order valence-corrected chi connectivity index (χ2v) is 6.37.